The van der Waals surface area contributed by atoms with Crippen LogP contribution in [-0.4, -0.2) is 17.3 Å². The molecule has 0 fully saturated rings. The summed E-state index contributed by atoms with van der Waals surface area (Å²) in [6, 6.07) is 6.20. The average Bonchev–Trinajstić information content (AvgIpc) is 2.27. The minimum absolute atomic E-state index is 0. The largest absolute Gasteiger partial charge is 0.412 e. The van der Waals surface area contributed by atoms with E-state index in [0.29, 0.717) is 0 Å². The van der Waals surface area contributed by atoms with Gasteiger partial charge in [-0.05, 0) is 12.1 Å². The van der Waals surface area contributed by atoms with Crippen molar-refractivity contribution in [2.75, 3.05) is 0 Å². The molecule has 0 saturated heterocycles. The second-order valence-electron chi connectivity index (χ2n) is 2.49. The molecule has 7 nitrogen and oxygen atoms in total. The van der Waals surface area contributed by atoms with E-state index in [1.54, 1.807) is 12.1 Å². The van der Waals surface area contributed by atoms with Gasteiger partial charge in [0.15, 0.2) is 0 Å². The Balaban J connectivity index is 0.00000196. The molecular formula is C8H12N4O3. The van der Waals surface area contributed by atoms with Gasteiger partial charge in [-0.2, -0.15) is 0 Å². The van der Waals surface area contributed by atoms with Gasteiger partial charge in [0.1, 0.15) is 0 Å². The SMILES string of the molecule is NNC(=O)c1ccccc1C(=O)NN.O. The molecule has 2 amide bonds. The quantitative estimate of drug-likeness (QED) is 0.257. The normalized spacial score (nSPS) is 8.67. The van der Waals surface area contributed by atoms with E-state index in [9.17, 15) is 9.59 Å². The number of carbonyl (C=O) groups excluding carboxylic acids is 2. The van der Waals surface area contributed by atoms with Gasteiger partial charge in [0, 0.05) is 0 Å². The van der Waals surface area contributed by atoms with Gasteiger partial charge in [0.2, 0.25) is 0 Å². The molecule has 8 N–H and O–H groups in total. The Morgan fingerprint density at radius 2 is 1.27 bits per heavy atom. The van der Waals surface area contributed by atoms with Crippen LogP contribution in [0.15, 0.2) is 24.3 Å². The van der Waals surface area contributed by atoms with E-state index >= 15 is 0 Å². The smallest absolute Gasteiger partial charge is 0.265 e. The van der Waals surface area contributed by atoms with E-state index in [1.165, 1.54) is 12.1 Å². The van der Waals surface area contributed by atoms with Crippen LogP contribution < -0.4 is 22.5 Å². The standard InChI is InChI=1S/C8H10N4O2.H2O/c9-11-7(13)5-3-1-2-4-6(5)8(14)12-10;/h1-4H,9-10H2,(H,11,13)(H,12,14);1H2. The summed E-state index contributed by atoms with van der Waals surface area (Å²) in [6.07, 6.45) is 0. The van der Waals surface area contributed by atoms with Crippen molar-refractivity contribution in [3.8, 4) is 0 Å². The molecule has 0 aliphatic carbocycles. The van der Waals surface area contributed by atoms with Gasteiger partial charge in [0.05, 0.1) is 11.1 Å². The molecule has 0 spiro atoms. The van der Waals surface area contributed by atoms with Crippen LogP contribution >= 0.6 is 0 Å². The predicted octanol–water partition coefficient (Wildman–Crippen LogP) is -1.93. The highest BCUT2D eigenvalue weighted by Crippen LogP contribution is 2.07. The molecule has 82 valence electrons. The third-order valence-corrected chi connectivity index (χ3v) is 1.68. The van der Waals surface area contributed by atoms with Crippen molar-refractivity contribution in [3.05, 3.63) is 35.4 Å². The van der Waals surface area contributed by atoms with E-state index in [-0.39, 0.29) is 16.6 Å². The number of hydrazine groups is 2. The van der Waals surface area contributed by atoms with Crippen molar-refractivity contribution in [2.45, 2.75) is 0 Å². The zero-order valence-electron chi connectivity index (χ0n) is 7.78. The van der Waals surface area contributed by atoms with Crippen molar-refractivity contribution in [1.82, 2.24) is 10.9 Å². The first kappa shape index (κ1) is 13.0. The van der Waals surface area contributed by atoms with E-state index in [1.807, 2.05) is 10.9 Å². The van der Waals surface area contributed by atoms with Crippen LogP contribution in [0.25, 0.3) is 0 Å². The Bertz CT molecular complexity index is 332. The third-order valence-electron chi connectivity index (χ3n) is 1.68. The first-order valence-corrected chi connectivity index (χ1v) is 3.81. The zero-order valence-corrected chi connectivity index (χ0v) is 7.78. The van der Waals surface area contributed by atoms with Crippen molar-refractivity contribution < 1.29 is 15.1 Å². The Labute approximate surface area is 85.7 Å². The fourth-order valence-electron chi connectivity index (χ4n) is 1.03. The summed E-state index contributed by atoms with van der Waals surface area (Å²) in [6.45, 7) is 0. The number of carbonyl (C=O) groups is 2. The van der Waals surface area contributed by atoms with Gasteiger partial charge in [-0.3, -0.25) is 20.4 Å². The highest BCUT2D eigenvalue weighted by molar-refractivity contribution is 6.06. The summed E-state index contributed by atoms with van der Waals surface area (Å²) >= 11 is 0. The van der Waals surface area contributed by atoms with E-state index in [4.69, 9.17) is 11.7 Å². The molecule has 0 aliphatic heterocycles. The number of nitrogens with one attached hydrogen (secondary N) is 2. The number of rotatable bonds is 2. The predicted molar refractivity (Wildman–Crippen MR) is 53.4 cm³/mol. The van der Waals surface area contributed by atoms with Crippen LogP contribution in [0.1, 0.15) is 20.7 Å². The highest BCUT2D eigenvalue weighted by Gasteiger charge is 2.14. The van der Waals surface area contributed by atoms with Gasteiger partial charge in [0.25, 0.3) is 11.8 Å². The third kappa shape index (κ3) is 2.74. The van der Waals surface area contributed by atoms with Gasteiger partial charge in [-0.15, -0.1) is 0 Å². The lowest BCUT2D eigenvalue weighted by Crippen LogP contribution is -2.35. The zero-order chi connectivity index (χ0) is 10.6. The second-order valence-corrected chi connectivity index (χ2v) is 2.49. The fourth-order valence-corrected chi connectivity index (χ4v) is 1.03. The summed E-state index contributed by atoms with van der Waals surface area (Å²) in [5, 5.41) is 0. The topological polar surface area (TPSA) is 142 Å². The lowest BCUT2D eigenvalue weighted by Gasteiger charge is -2.05. The van der Waals surface area contributed by atoms with Crippen LogP contribution in [0.5, 0.6) is 0 Å². The maximum Gasteiger partial charge on any atom is 0.265 e. The van der Waals surface area contributed by atoms with Gasteiger partial charge in [-0.25, -0.2) is 11.7 Å². The highest BCUT2D eigenvalue weighted by atomic mass is 16.2. The van der Waals surface area contributed by atoms with Gasteiger partial charge < -0.3 is 5.48 Å². The fraction of sp³-hybridized carbons (Fsp3) is 0. The molecule has 0 bridgehead atoms. The van der Waals surface area contributed by atoms with Gasteiger partial charge >= 0.3 is 0 Å². The van der Waals surface area contributed by atoms with E-state index in [0.717, 1.165) is 0 Å². The number of hydrogen-bond donors (Lipinski definition) is 4. The lowest BCUT2D eigenvalue weighted by molar-refractivity contribution is 0.0919. The molecule has 0 aliphatic rings. The average molecular weight is 212 g/mol. The Kier molecular flexibility index (Phi) is 4.96. The molecule has 0 atom stereocenters. The van der Waals surface area contributed by atoms with Crippen molar-refractivity contribution in [2.24, 2.45) is 11.7 Å². The van der Waals surface area contributed by atoms with E-state index in [2.05, 4.69) is 0 Å². The van der Waals surface area contributed by atoms with E-state index < -0.39 is 11.8 Å². The first-order chi connectivity index (χ1) is 6.70. The minimum Gasteiger partial charge on any atom is -0.412 e. The number of nitrogens with two attached hydrogens (primary N) is 2. The summed E-state index contributed by atoms with van der Waals surface area (Å²) in [7, 11) is 0. The number of benzene rings is 1. The van der Waals surface area contributed by atoms with Crippen molar-refractivity contribution in [3.63, 3.8) is 0 Å². The maximum atomic E-state index is 11.2. The lowest BCUT2D eigenvalue weighted by atomic mass is 10.1. The Hall–Kier alpha value is -1.96. The Morgan fingerprint density at radius 3 is 1.53 bits per heavy atom. The summed E-state index contributed by atoms with van der Waals surface area (Å²) < 4.78 is 0. The maximum absolute atomic E-state index is 11.2. The second kappa shape index (κ2) is 5.70. The molecule has 15 heavy (non-hydrogen) atoms. The molecule has 1 rings (SSSR count). The molecule has 7 heteroatoms. The summed E-state index contributed by atoms with van der Waals surface area (Å²) in [5.41, 5.74) is 4.24. The molecule has 0 radical (unpaired) electrons. The molecular weight excluding hydrogens is 200 g/mol. The minimum atomic E-state index is -0.538. The molecule has 1 aromatic rings. The Morgan fingerprint density at radius 1 is 0.933 bits per heavy atom. The van der Waals surface area contributed by atoms with Gasteiger partial charge in [-0.1, -0.05) is 12.1 Å². The van der Waals surface area contributed by atoms with Crippen LogP contribution in [0, 0.1) is 0 Å². The molecule has 0 heterocycles. The van der Waals surface area contributed by atoms with Crippen molar-refractivity contribution >= 4 is 11.8 Å². The number of hydrogen-bond acceptors (Lipinski definition) is 4. The number of nitrogen functional groups attached to an aromatic ring is 2. The molecule has 0 aromatic heterocycles. The molecule has 1 aromatic carbocycles. The van der Waals surface area contributed by atoms with Crippen LogP contribution in [0.3, 0.4) is 0 Å². The van der Waals surface area contributed by atoms with Crippen LogP contribution in [-0.2, 0) is 0 Å². The molecule has 0 saturated carbocycles. The van der Waals surface area contributed by atoms with Crippen molar-refractivity contribution in [1.29, 1.82) is 0 Å². The number of amides is 2. The summed E-state index contributed by atoms with van der Waals surface area (Å²) in [4.78, 5) is 22.4. The summed E-state index contributed by atoms with van der Waals surface area (Å²) in [5.74, 6) is 8.83. The van der Waals surface area contributed by atoms with Crippen LogP contribution in [0.2, 0.25) is 0 Å². The van der Waals surface area contributed by atoms with Crippen LogP contribution in [0.4, 0.5) is 0 Å². The first-order valence-electron chi connectivity index (χ1n) is 3.81. The molecule has 0 unspecified atom stereocenters. The monoisotopic (exact) mass is 212 g/mol.